The highest BCUT2D eigenvalue weighted by atomic mass is 16.3. The molecule has 1 unspecified atom stereocenters. The van der Waals surface area contributed by atoms with Crippen molar-refractivity contribution in [3.8, 4) is 0 Å². The second-order valence-corrected chi connectivity index (χ2v) is 3.45. The lowest BCUT2D eigenvalue weighted by Gasteiger charge is -2.18. The SMILES string of the molecule is Cc1cc(=O)cc(C(C)N(C)C)o1. The Morgan fingerprint density at radius 2 is 2.00 bits per heavy atom. The van der Waals surface area contributed by atoms with Gasteiger partial charge in [-0.25, -0.2) is 0 Å². The summed E-state index contributed by atoms with van der Waals surface area (Å²) in [5.74, 6) is 1.38. The molecule has 0 radical (unpaired) electrons. The lowest BCUT2D eigenvalue weighted by Crippen LogP contribution is -2.18. The van der Waals surface area contributed by atoms with E-state index >= 15 is 0 Å². The number of rotatable bonds is 2. The van der Waals surface area contributed by atoms with E-state index in [0.717, 1.165) is 5.76 Å². The Labute approximate surface area is 78.0 Å². The number of aryl methyl sites for hydroxylation is 1. The quantitative estimate of drug-likeness (QED) is 0.694. The average Bonchev–Trinajstić information content (AvgIpc) is 2.01. The van der Waals surface area contributed by atoms with Crippen LogP contribution in [0, 0.1) is 6.92 Å². The third-order valence-electron chi connectivity index (χ3n) is 2.10. The zero-order chi connectivity index (χ0) is 10.0. The van der Waals surface area contributed by atoms with Gasteiger partial charge in [-0.05, 0) is 27.9 Å². The maximum Gasteiger partial charge on any atom is 0.185 e. The van der Waals surface area contributed by atoms with Gasteiger partial charge in [0.1, 0.15) is 11.5 Å². The van der Waals surface area contributed by atoms with E-state index in [-0.39, 0.29) is 11.5 Å². The highest BCUT2D eigenvalue weighted by molar-refractivity contribution is 5.08. The summed E-state index contributed by atoms with van der Waals surface area (Å²) in [5, 5.41) is 0. The third-order valence-corrected chi connectivity index (χ3v) is 2.10. The van der Waals surface area contributed by atoms with Crippen LogP contribution in [0.3, 0.4) is 0 Å². The zero-order valence-corrected chi connectivity index (χ0v) is 8.50. The molecule has 0 spiro atoms. The van der Waals surface area contributed by atoms with Crippen molar-refractivity contribution in [1.82, 2.24) is 4.90 Å². The van der Waals surface area contributed by atoms with Gasteiger partial charge in [0, 0.05) is 12.1 Å². The minimum atomic E-state index is 0.00690. The summed E-state index contributed by atoms with van der Waals surface area (Å²) in [6.45, 7) is 3.78. The second kappa shape index (κ2) is 3.75. The first-order chi connectivity index (χ1) is 6.00. The molecule has 0 aliphatic carbocycles. The van der Waals surface area contributed by atoms with E-state index in [1.165, 1.54) is 12.1 Å². The Balaban J connectivity index is 3.08. The molecular formula is C10H15NO2. The van der Waals surface area contributed by atoms with Crippen molar-refractivity contribution in [2.45, 2.75) is 19.9 Å². The molecule has 1 aromatic rings. The average molecular weight is 181 g/mol. The molecule has 1 aromatic heterocycles. The molecule has 0 aliphatic heterocycles. The van der Waals surface area contributed by atoms with E-state index in [1.54, 1.807) is 6.92 Å². The molecule has 0 saturated heterocycles. The molecule has 1 atom stereocenters. The van der Waals surface area contributed by atoms with Gasteiger partial charge >= 0.3 is 0 Å². The molecule has 0 aromatic carbocycles. The standard InChI is InChI=1S/C10H15NO2/c1-7-5-9(12)6-10(13-7)8(2)11(3)4/h5-6,8H,1-4H3. The Morgan fingerprint density at radius 3 is 2.46 bits per heavy atom. The monoisotopic (exact) mass is 181 g/mol. The molecule has 72 valence electrons. The predicted octanol–water partition coefficient (Wildman–Crippen LogP) is 1.57. The van der Waals surface area contributed by atoms with E-state index in [2.05, 4.69) is 0 Å². The van der Waals surface area contributed by atoms with Crippen LogP contribution in [-0.2, 0) is 0 Å². The summed E-state index contributed by atoms with van der Waals surface area (Å²) >= 11 is 0. The first kappa shape index (κ1) is 9.99. The van der Waals surface area contributed by atoms with Gasteiger partial charge in [0.15, 0.2) is 5.43 Å². The summed E-state index contributed by atoms with van der Waals surface area (Å²) in [5.41, 5.74) is 0.00690. The van der Waals surface area contributed by atoms with Gasteiger partial charge < -0.3 is 4.42 Å². The van der Waals surface area contributed by atoms with Gasteiger partial charge in [-0.15, -0.1) is 0 Å². The highest BCUT2D eigenvalue weighted by Gasteiger charge is 2.10. The Kier molecular flexibility index (Phi) is 2.88. The van der Waals surface area contributed by atoms with Gasteiger partial charge in [-0.3, -0.25) is 9.69 Å². The molecule has 3 heteroatoms. The van der Waals surface area contributed by atoms with Gasteiger partial charge in [0.05, 0.1) is 6.04 Å². The Hall–Kier alpha value is -1.09. The normalized spacial score (nSPS) is 13.3. The van der Waals surface area contributed by atoms with Crippen LogP contribution in [-0.4, -0.2) is 19.0 Å². The molecule has 0 N–H and O–H groups in total. The number of hydrogen-bond acceptors (Lipinski definition) is 3. The Bertz CT molecular complexity index is 341. The van der Waals surface area contributed by atoms with Crippen LogP contribution in [0.4, 0.5) is 0 Å². The lowest BCUT2D eigenvalue weighted by molar-refractivity contribution is 0.268. The maximum absolute atomic E-state index is 11.2. The van der Waals surface area contributed by atoms with Crippen molar-refractivity contribution >= 4 is 0 Å². The second-order valence-electron chi connectivity index (χ2n) is 3.45. The predicted molar refractivity (Wildman–Crippen MR) is 51.8 cm³/mol. The fourth-order valence-electron chi connectivity index (χ4n) is 1.09. The van der Waals surface area contributed by atoms with Gasteiger partial charge in [-0.2, -0.15) is 0 Å². The lowest BCUT2D eigenvalue weighted by atomic mass is 10.2. The molecule has 13 heavy (non-hydrogen) atoms. The molecule has 1 rings (SSSR count). The first-order valence-corrected chi connectivity index (χ1v) is 4.29. The number of nitrogens with zero attached hydrogens (tertiary/aromatic N) is 1. The minimum Gasteiger partial charge on any atom is -0.464 e. The fourth-order valence-corrected chi connectivity index (χ4v) is 1.09. The summed E-state index contributed by atoms with van der Waals surface area (Å²) in [6, 6.07) is 3.16. The first-order valence-electron chi connectivity index (χ1n) is 4.29. The van der Waals surface area contributed by atoms with Crippen LogP contribution >= 0.6 is 0 Å². The smallest absolute Gasteiger partial charge is 0.185 e. The molecule has 1 heterocycles. The maximum atomic E-state index is 11.2. The van der Waals surface area contributed by atoms with E-state index < -0.39 is 0 Å². The third kappa shape index (κ3) is 2.42. The number of hydrogen-bond donors (Lipinski definition) is 0. The summed E-state index contributed by atoms with van der Waals surface area (Å²) < 4.78 is 5.44. The highest BCUT2D eigenvalue weighted by Crippen LogP contribution is 2.15. The fraction of sp³-hybridized carbons (Fsp3) is 0.500. The summed E-state index contributed by atoms with van der Waals surface area (Å²) in [7, 11) is 3.90. The van der Waals surface area contributed by atoms with Crippen LogP contribution in [0.2, 0.25) is 0 Å². The molecule has 3 nitrogen and oxygen atoms in total. The van der Waals surface area contributed by atoms with Crippen molar-refractivity contribution in [2.75, 3.05) is 14.1 Å². The van der Waals surface area contributed by atoms with Crippen LogP contribution in [0.15, 0.2) is 21.3 Å². The van der Waals surface area contributed by atoms with Crippen molar-refractivity contribution in [3.63, 3.8) is 0 Å². The van der Waals surface area contributed by atoms with Gasteiger partial charge in [0.25, 0.3) is 0 Å². The topological polar surface area (TPSA) is 33.5 Å². The molecule has 0 saturated carbocycles. The van der Waals surface area contributed by atoms with Crippen LogP contribution in [0.1, 0.15) is 24.5 Å². The van der Waals surface area contributed by atoms with E-state index in [9.17, 15) is 4.79 Å². The largest absolute Gasteiger partial charge is 0.464 e. The van der Waals surface area contributed by atoms with Crippen molar-refractivity contribution in [1.29, 1.82) is 0 Å². The van der Waals surface area contributed by atoms with Crippen LogP contribution in [0.25, 0.3) is 0 Å². The molecular weight excluding hydrogens is 166 g/mol. The molecule has 0 aliphatic rings. The zero-order valence-electron chi connectivity index (χ0n) is 8.50. The molecule has 0 fully saturated rings. The van der Waals surface area contributed by atoms with Crippen molar-refractivity contribution < 1.29 is 4.42 Å². The Morgan fingerprint density at radius 1 is 1.38 bits per heavy atom. The van der Waals surface area contributed by atoms with Crippen LogP contribution in [0.5, 0.6) is 0 Å². The van der Waals surface area contributed by atoms with E-state index in [1.807, 2.05) is 25.9 Å². The minimum absolute atomic E-state index is 0.00690. The summed E-state index contributed by atoms with van der Waals surface area (Å²) in [6.07, 6.45) is 0. The van der Waals surface area contributed by atoms with Crippen molar-refractivity contribution in [2.24, 2.45) is 0 Å². The molecule has 0 bridgehead atoms. The van der Waals surface area contributed by atoms with Gasteiger partial charge in [0.2, 0.25) is 0 Å². The van der Waals surface area contributed by atoms with E-state index in [4.69, 9.17) is 4.42 Å². The van der Waals surface area contributed by atoms with Crippen molar-refractivity contribution in [3.05, 3.63) is 33.9 Å². The van der Waals surface area contributed by atoms with Crippen LogP contribution < -0.4 is 5.43 Å². The summed E-state index contributed by atoms with van der Waals surface area (Å²) in [4.78, 5) is 13.2. The van der Waals surface area contributed by atoms with Gasteiger partial charge in [-0.1, -0.05) is 0 Å². The molecule has 0 amide bonds. The van der Waals surface area contributed by atoms with E-state index in [0.29, 0.717) is 5.76 Å².